The number of aliphatic hydroxyl groups is 1. The average Bonchev–Trinajstić information content (AvgIpc) is 2.86. The average molecular weight is 318 g/mol. The number of likely N-dealkylation sites (N-methyl/N-ethyl adjacent to an activating group) is 1. The summed E-state index contributed by atoms with van der Waals surface area (Å²) in [6.07, 6.45) is -0.630. The molecule has 0 spiro atoms. The van der Waals surface area contributed by atoms with Gasteiger partial charge >= 0.3 is 0 Å². The van der Waals surface area contributed by atoms with Gasteiger partial charge in [0.2, 0.25) is 0 Å². The maximum Gasteiger partial charge on any atom is 0.263 e. The third-order valence-corrected chi connectivity index (χ3v) is 3.69. The molecule has 2 aromatic rings. The molecule has 1 amide bonds. The molecule has 23 heavy (non-hydrogen) atoms. The molecular weight excluding hydrogens is 296 g/mol. The monoisotopic (exact) mass is 318 g/mol. The zero-order valence-electron chi connectivity index (χ0n) is 13.9. The number of carbonyl (C=O) groups is 1. The fourth-order valence-corrected chi connectivity index (χ4v) is 2.32. The van der Waals surface area contributed by atoms with Crippen molar-refractivity contribution in [2.24, 2.45) is 0 Å². The van der Waals surface area contributed by atoms with E-state index in [0.717, 1.165) is 16.8 Å². The van der Waals surface area contributed by atoms with Gasteiger partial charge in [0.05, 0.1) is 18.8 Å². The van der Waals surface area contributed by atoms with Crippen LogP contribution in [-0.4, -0.2) is 34.2 Å². The van der Waals surface area contributed by atoms with Crippen molar-refractivity contribution in [3.05, 3.63) is 46.8 Å². The molecule has 0 saturated carbocycles. The Hall–Kier alpha value is -2.34. The molecule has 0 fully saturated rings. The Morgan fingerprint density at radius 3 is 2.78 bits per heavy atom. The third kappa shape index (κ3) is 4.10. The topological polar surface area (TPSA) is 75.8 Å². The van der Waals surface area contributed by atoms with E-state index in [4.69, 9.17) is 14.4 Å². The molecule has 0 bridgehead atoms. The summed E-state index contributed by atoms with van der Waals surface area (Å²) in [7, 11) is 1.72. The van der Waals surface area contributed by atoms with Crippen molar-refractivity contribution in [3.8, 4) is 5.75 Å². The first-order valence-electron chi connectivity index (χ1n) is 7.45. The van der Waals surface area contributed by atoms with Crippen molar-refractivity contribution >= 4 is 5.91 Å². The van der Waals surface area contributed by atoms with Gasteiger partial charge in [-0.2, -0.15) is 0 Å². The number of hydrogen-bond donors (Lipinski definition) is 1. The lowest BCUT2D eigenvalue weighted by Gasteiger charge is -2.22. The number of carbonyl (C=O) groups excluding carboxylic acids is 1. The summed E-state index contributed by atoms with van der Waals surface area (Å²) in [5.74, 6) is 1.13. The Morgan fingerprint density at radius 1 is 1.43 bits per heavy atom. The zero-order chi connectivity index (χ0) is 17.0. The van der Waals surface area contributed by atoms with Gasteiger partial charge in [-0.1, -0.05) is 17.3 Å². The number of ether oxygens (including phenoxy) is 1. The molecule has 1 heterocycles. The second-order valence-electron chi connectivity index (χ2n) is 5.56. The molecule has 0 radical (unpaired) electrons. The molecule has 1 aromatic carbocycles. The summed E-state index contributed by atoms with van der Waals surface area (Å²) in [5.41, 5.74) is 2.44. The number of hydrogen-bond acceptors (Lipinski definition) is 5. The molecule has 0 aliphatic heterocycles. The van der Waals surface area contributed by atoms with Crippen LogP contribution in [0.15, 0.2) is 28.8 Å². The zero-order valence-corrected chi connectivity index (χ0v) is 13.9. The van der Waals surface area contributed by atoms with Crippen LogP contribution in [0.25, 0.3) is 0 Å². The van der Waals surface area contributed by atoms with E-state index in [2.05, 4.69) is 5.16 Å². The van der Waals surface area contributed by atoms with Crippen LogP contribution < -0.4 is 4.74 Å². The van der Waals surface area contributed by atoms with Crippen LogP contribution in [0.4, 0.5) is 0 Å². The predicted octanol–water partition coefficient (Wildman–Crippen LogP) is 2.21. The number of aromatic nitrogens is 1. The van der Waals surface area contributed by atoms with Crippen molar-refractivity contribution in [2.75, 3.05) is 7.05 Å². The summed E-state index contributed by atoms with van der Waals surface area (Å²) >= 11 is 0. The number of amides is 1. The number of benzene rings is 1. The quantitative estimate of drug-likeness (QED) is 0.884. The highest BCUT2D eigenvalue weighted by Gasteiger charge is 2.21. The van der Waals surface area contributed by atoms with E-state index in [0.29, 0.717) is 18.1 Å². The fraction of sp³-hybridized carbons (Fsp3) is 0.412. The van der Waals surface area contributed by atoms with Crippen LogP contribution >= 0.6 is 0 Å². The maximum absolute atomic E-state index is 12.5. The Kier molecular flexibility index (Phi) is 5.39. The van der Waals surface area contributed by atoms with Gasteiger partial charge in [-0.3, -0.25) is 4.79 Å². The van der Waals surface area contributed by atoms with Crippen LogP contribution in [0, 0.1) is 13.8 Å². The van der Waals surface area contributed by atoms with E-state index < -0.39 is 6.10 Å². The van der Waals surface area contributed by atoms with Crippen LogP contribution in [0.5, 0.6) is 5.75 Å². The van der Waals surface area contributed by atoms with Crippen molar-refractivity contribution in [3.63, 3.8) is 0 Å². The Morgan fingerprint density at radius 2 is 2.17 bits per heavy atom. The maximum atomic E-state index is 12.5. The van der Waals surface area contributed by atoms with Crippen LogP contribution in [0.3, 0.4) is 0 Å². The van der Waals surface area contributed by atoms with Crippen molar-refractivity contribution in [2.45, 2.75) is 40.0 Å². The lowest BCUT2D eigenvalue weighted by molar-refractivity contribution is -0.137. The standard InChI is InChI=1S/C17H22N2O4/c1-11-16(12(2)23-18-11)9-19(4)17(21)13(3)22-15-7-5-6-14(8-15)10-20/h5-8,13,20H,9-10H2,1-4H3. The molecule has 0 aliphatic carbocycles. The largest absolute Gasteiger partial charge is 0.481 e. The van der Waals surface area contributed by atoms with Crippen molar-refractivity contribution in [1.29, 1.82) is 0 Å². The van der Waals surface area contributed by atoms with E-state index in [-0.39, 0.29) is 12.5 Å². The minimum atomic E-state index is -0.630. The first-order chi connectivity index (χ1) is 10.9. The molecular formula is C17H22N2O4. The van der Waals surface area contributed by atoms with Crippen LogP contribution in [0.1, 0.15) is 29.5 Å². The fourth-order valence-electron chi connectivity index (χ4n) is 2.32. The Labute approximate surface area is 135 Å². The molecule has 0 saturated heterocycles. The van der Waals surface area contributed by atoms with Gasteiger partial charge in [-0.15, -0.1) is 0 Å². The van der Waals surface area contributed by atoms with Gasteiger partial charge < -0.3 is 19.3 Å². The number of rotatable bonds is 6. The highest BCUT2D eigenvalue weighted by atomic mass is 16.5. The van der Waals surface area contributed by atoms with Crippen LogP contribution in [0.2, 0.25) is 0 Å². The SMILES string of the molecule is Cc1noc(C)c1CN(C)C(=O)C(C)Oc1cccc(CO)c1. The summed E-state index contributed by atoms with van der Waals surface area (Å²) in [5, 5.41) is 13.0. The lowest BCUT2D eigenvalue weighted by atomic mass is 10.2. The first-order valence-corrected chi connectivity index (χ1v) is 7.45. The minimum Gasteiger partial charge on any atom is -0.481 e. The van der Waals surface area contributed by atoms with Crippen molar-refractivity contribution < 1.29 is 19.2 Å². The second kappa shape index (κ2) is 7.28. The smallest absolute Gasteiger partial charge is 0.263 e. The summed E-state index contributed by atoms with van der Waals surface area (Å²) in [4.78, 5) is 14.0. The number of nitrogens with zero attached hydrogens (tertiary/aromatic N) is 2. The van der Waals surface area contributed by atoms with E-state index in [9.17, 15) is 4.79 Å². The predicted molar refractivity (Wildman–Crippen MR) is 84.9 cm³/mol. The summed E-state index contributed by atoms with van der Waals surface area (Å²) in [6, 6.07) is 7.06. The van der Waals surface area contributed by atoms with E-state index in [1.165, 1.54) is 0 Å². The molecule has 1 N–H and O–H groups in total. The van der Waals surface area contributed by atoms with E-state index in [1.807, 2.05) is 13.8 Å². The molecule has 1 aromatic heterocycles. The third-order valence-electron chi connectivity index (χ3n) is 3.69. The minimum absolute atomic E-state index is 0.0640. The summed E-state index contributed by atoms with van der Waals surface area (Å²) in [6.45, 7) is 5.74. The van der Waals surface area contributed by atoms with E-state index in [1.54, 1.807) is 43.1 Å². The Bertz CT molecular complexity index is 661. The Balaban J connectivity index is 2.01. The second-order valence-corrected chi connectivity index (χ2v) is 5.56. The molecule has 1 atom stereocenters. The molecule has 6 nitrogen and oxygen atoms in total. The van der Waals surface area contributed by atoms with Gasteiger partial charge in [-0.05, 0) is 38.5 Å². The van der Waals surface area contributed by atoms with Gasteiger partial charge in [0.15, 0.2) is 6.10 Å². The molecule has 1 unspecified atom stereocenters. The molecule has 2 rings (SSSR count). The van der Waals surface area contributed by atoms with Crippen molar-refractivity contribution in [1.82, 2.24) is 10.1 Å². The molecule has 124 valence electrons. The highest BCUT2D eigenvalue weighted by Crippen LogP contribution is 2.18. The summed E-state index contributed by atoms with van der Waals surface area (Å²) < 4.78 is 10.8. The molecule has 6 heteroatoms. The van der Waals surface area contributed by atoms with E-state index >= 15 is 0 Å². The lowest BCUT2D eigenvalue weighted by Crippen LogP contribution is -2.37. The normalized spacial score (nSPS) is 12.0. The number of aliphatic hydroxyl groups excluding tert-OH is 1. The van der Waals surface area contributed by atoms with Gasteiger partial charge in [0.1, 0.15) is 11.5 Å². The van der Waals surface area contributed by atoms with Crippen LogP contribution in [-0.2, 0) is 17.9 Å². The first kappa shape index (κ1) is 17.0. The van der Waals surface area contributed by atoms with Gasteiger partial charge in [0.25, 0.3) is 5.91 Å². The van der Waals surface area contributed by atoms with Gasteiger partial charge in [-0.25, -0.2) is 0 Å². The molecule has 0 aliphatic rings. The highest BCUT2D eigenvalue weighted by molar-refractivity contribution is 5.80. The number of aryl methyl sites for hydroxylation is 2. The van der Waals surface area contributed by atoms with Gasteiger partial charge in [0, 0.05) is 12.6 Å².